The minimum atomic E-state index is 0.507. The molecule has 2 aromatic rings. The molecular formula is C19H26N4OS. The van der Waals surface area contributed by atoms with Gasteiger partial charge in [0, 0.05) is 13.1 Å². The fraction of sp³-hybridized carbons (Fsp3) is 0.474. The van der Waals surface area contributed by atoms with E-state index in [0.717, 1.165) is 36.0 Å². The Bertz CT molecular complexity index is 703. The van der Waals surface area contributed by atoms with Crippen LogP contribution in [0.1, 0.15) is 44.7 Å². The highest BCUT2D eigenvalue weighted by molar-refractivity contribution is 7.13. The van der Waals surface area contributed by atoms with E-state index in [2.05, 4.69) is 33.6 Å². The number of nitrogens with zero attached hydrogens (tertiary/aromatic N) is 2. The lowest BCUT2D eigenvalue weighted by Gasteiger charge is -2.14. The van der Waals surface area contributed by atoms with Crippen molar-refractivity contribution in [2.75, 3.05) is 13.1 Å². The Labute approximate surface area is 153 Å². The van der Waals surface area contributed by atoms with Gasteiger partial charge in [0.15, 0.2) is 5.96 Å². The summed E-state index contributed by atoms with van der Waals surface area (Å²) in [6, 6.07) is 4.01. The van der Waals surface area contributed by atoms with Crippen LogP contribution in [0.3, 0.4) is 0 Å². The quantitative estimate of drug-likeness (QED) is 0.439. The fourth-order valence-electron chi connectivity index (χ4n) is 2.87. The number of allylic oxidation sites excluding steroid dienone is 1. The van der Waals surface area contributed by atoms with Crippen molar-refractivity contribution < 1.29 is 4.42 Å². The van der Waals surface area contributed by atoms with Crippen molar-refractivity contribution in [3.63, 3.8) is 0 Å². The molecule has 0 aliphatic heterocycles. The summed E-state index contributed by atoms with van der Waals surface area (Å²) in [5.41, 5.74) is 2.42. The maximum atomic E-state index is 5.54. The monoisotopic (exact) mass is 358 g/mol. The van der Waals surface area contributed by atoms with Crippen LogP contribution in [0, 0.1) is 0 Å². The van der Waals surface area contributed by atoms with Crippen LogP contribution in [0.25, 0.3) is 10.8 Å². The first-order valence-corrected chi connectivity index (χ1v) is 9.91. The summed E-state index contributed by atoms with van der Waals surface area (Å²) >= 11 is 1.62. The highest BCUT2D eigenvalue weighted by atomic mass is 32.1. The zero-order chi connectivity index (χ0) is 17.3. The number of rotatable bonds is 7. The van der Waals surface area contributed by atoms with Gasteiger partial charge in [0.2, 0.25) is 5.89 Å². The van der Waals surface area contributed by atoms with Crippen molar-refractivity contribution in [3.8, 4) is 10.8 Å². The average molecular weight is 359 g/mol. The summed E-state index contributed by atoms with van der Waals surface area (Å²) in [5, 5.41) is 8.72. The zero-order valence-corrected chi connectivity index (χ0v) is 15.6. The summed E-state index contributed by atoms with van der Waals surface area (Å²) in [4.78, 5) is 10.2. The van der Waals surface area contributed by atoms with Crippen molar-refractivity contribution >= 4 is 17.3 Å². The molecular weight excluding hydrogens is 332 g/mol. The molecule has 0 radical (unpaired) electrons. The van der Waals surface area contributed by atoms with Gasteiger partial charge in [-0.25, -0.2) is 9.98 Å². The Kier molecular flexibility index (Phi) is 6.68. The average Bonchev–Trinajstić information content (AvgIpc) is 3.32. The smallest absolute Gasteiger partial charge is 0.236 e. The van der Waals surface area contributed by atoms with Gasteiger partial charge in [0.1, 0.15) is 12.0 Å². The molecule has 0 aromatic carbocycles. The SMILES string of the molecule is CCNC(=NCc1coc(-c2cccs2)n1)NCCC1=CCCCC1. The Morgan fingerprint density at radius 3 is 3.08 bits per heavy atom. The molecule has 134 valence electrons. The second-order valence-corrected chi connectivity index (χ2v) is 7.05. The number of aromatic nitrogens is 1. The van der Waals surface area contributed by atoms with Crippen molar-refractivity contribution in [1.82, 2.24) is 15.6 Å². The van der Waals surface area contributed by atoms with Crippen LogP contribution in [0.4, 0.5) is 0 Å². The van der Waals surface area contributed by atoms with Crippen molar-refractivity contribution in [3.05, 3.63) is 41.1 Å². The van der Waals surface area contributed by atoms with Gasteiger partial charge >= 0.3 is 0 Å². The van der Waals surface area contributed by atoms with Gasteiger partial charge in [-0.05, 0) is 50.5 Å². The predicted octanol–water partition coefficient (Wildman–Crippen LogP) is 4.35. The summed E-state index contributed by atoms with van der Waals surface area (Å²) < 4.78 is 5.54. The molecule has 1 aliphatic carbocycles. The molecule has 25 heavy (non-hydrogen) atoms. The van der Waals surface area contributed by atoms with E-state index in [1.54, 1.807) is 23.2 Å². The second kappa shape index (κ2) is 9.42. The number of hydrogen-bond donors (Lipinski definition) is 2. The van der Waals surface area contributed by atoms with E-state index in [1.807, 2.05) is 17.5 Å². The van der Waals surface area contributed by atoms with Crippen molar-refractivity contribution in [2.45, 2.75) is 45.6 Å². The van der Waals surface area contributed by atoms with Crippen LogP contribution in [0.2, 0.25) is 0 Å². The maximum absolute atomic E-state index is 5.54. The van der Waals surface area contributed by atoms with Gasteiger partial charge in [-0.15, -0.1) is 11.3 Å². The molecule has 3 rings (SSSR count). The van der Waals surface area contributed by atoms with Crippen LogP contribution in [0.5, 0.6) is 0 Å². The van der Waals surface area contributed by atoms with E-state index < -0.39 is 0 Å². The largest absolute Gasteiger partial charge is 0.443 e. The van der Waals surface area contributed by atoms with Gasteiger partial charge in [-0.3, -0.25) is 0 Å². The molecule has 2 aromatic heterocycles. The Morgan fingerprint density at radius 1 is 1.36 bits per heavy atom. The lowest BCUT2D eigenvalue weighted by atomic mass is 9.97. The van der Waals surface area contributed by atoms with Crippen LogP contribution in [-0.2, 0) is 6.54 Å². The Morgan fingerprint density at radius 2 is 2.32 bits per heavy atom. The minimum Gasteiger partial charge on any atom is -0.443 e. The predicted molar refractivity (Wildman–Crippen MR) is 104 cm³/mol. The van der Waals surface area contributed by atoms with Gasteiger partial charge < -0.3 is 15.1 Å². The third kappa shape index (κ3) is 5.46. The molecule has 0 saturated carbocycles. The summed E-state index contributed by atoms with van der Waals surface area (Å²) in [6.07, 6.45) is 10.3. The molecule has 2 N–H and O–H groups in total. The van der Waals surface area contributed by atoms with Crippen molar-refractivity contribution in [1.29, 1.82) is 0 Å². The highest BCUT2D eigenvalue weighted by Gasteiger charge is 2.08. The van der Waals surface area contributed by atoms with Gasteiger partial charge in [-0.2, -0.15) is 0 Å². The number of oxazole rings is 1. The third-order valence-electron chi connectivity index (χ3n) is 4.15. The maximum Gasteiger partial charge on any atom is 0.236 e. The van der Waals surface area contributed by atoms with Gasteiger partial charge in [0.05, 0.1) is 11.4 Å². The van der Waals surface area contributed by atoms with Crippen LogP contribution in [-0.4, -0.2) is 24.0 Å². The number of hydrogen-bond acceptors (Lipinski definition) is 4. The fourth-order valence-corrected chi connectivity index (χ4v) is 3.52. The molecule has 0 spiro atoms. The molecule has 2 heterocycles. The number of thiophene rings is 1. The lowest BCUT2D eigenvalue weighted by molar-refractivity contribution is 0.574. The van der Waals surface area contributed by atoms with E-state index in [0.29, 0.717) is 12.4 Å². The highest BCUT2D eigenvalue weighted by Crippen LogP contribution is 2.23. The summed E-state index contributed by atoms with van der Waals surface area (Å²) in [6.45, 7) is 4.34. The van der Waals surface area contributed by atoms with Crippen LogP contribution in [0.15, 0.2) is 44.8 Å². The first kappa shape index (κ1) is 17.7. The first-order valence-electron chi connectivity index (χ1n) is 9.03. The van der Waals surface area contributed by atoms with E-state index in [4.69, 9.17) is 4.42 Å². The first-order chi connectivity index (χ1) is 12.3. The van der Waals surface area contributed by atoms with Gasteiger partial charge in [0.25, 0.3) is 0 Å². The molecule has 1 aliphatic rings. The molecule has 5 nitrogen and oxygen atoms in total. The molecule has 0 fully saturated rings. The van der Waals surface area contributed by atoms with E-state index in [1.165, 1.54) is 25.7 Å². The summed E-state index contributed by atoms with van der Waals surface area (Å²) in [5.74, 6) is 1.50. The Balaban J connectivity index is 1.52. The zero-order valence-electron chi connectivity index (χ0n) is 14.8. The lowest BCUT2D eigenvalue weighted by Crippen LogP contribution is -2.37. The molecule has 6 heteroatoms. The summed E-state index contributed by atoms with van der Waals surface area (Å²) in [7, 11) is 0. The number of aliphatic imine (C=N–C) groups is 1. The minimum absolute atomic E-state index is 0.507. The third-order valence-corrected chi connectivity index (χ3v) is 5.01. The van der Waals surface area contributed by atoms with Gasteiger partial charge in [-0.1, -0.05) is 17.7 Å². The molecule has 0 saturated heterocycles. The van der Waals surface area contributed by atoms with Crippen LogP contribution >= 0.6 is 11.3 Å². The van der Waals surface area contributed by atoms with E-state index in [-0.39, 0.29) is 0 Å². The van der Waals surface area contributed by atoms with Crippen LogP contribution < -0.4 is 10.6 Å². The molecule has 0 atom stereocenters. The molecule has 0 unspecified atom stereocenters. The normalized spacial score (nSPS) is 15.1. The van der Waals surface area contributed by atoms with E-state index in [9.17, 15) is 0 Å². The number of guanidine groups is 1. The molecule has 0 bridgehead atoms. The Hall–Kier alpha value is -2.08. The van der Waals surface area contributed by atoms with Crippen molar-refractivity contribution in [2.24, 2.45) is 4.99 Å². The number of nitrogens with one attached hydrogen (secondary N) is 2. The molecule has 0 amide bonds. The topological polar surface area (TPSA) is 62.5 Å². The second-order valence-electron chi connectivity index (χ2n) is 6.10. The van der Waals surface area contributed by atoms with E-state index >= 15 is 0 Å². The standard InChI is InChI=1S/C19H26N4OS/c1-2-20-19(21-11-10-15-7-4-3-5-8-15)22-13-16-14-24-18(23-16)17-9-6-12-25-17/h6-7,9,12,14H,2-5,8,10-11,13H2,1H3,(H2,20,21,22).